The molecule has 2 N–H and O–H groups in total. The molecule has 0 aromatic heterocycles. The average molecular weight is 202 g/mol. The fourth-order valence-corrected chi connectivity index (χ4v) is 1.28. The number of likely N-dealkylation sites (N-methyl/N-ethyl adjacent to an activating group) is 2. The van der Waals surface area contributed by atoms with Crippen LogP contribution in [0.25, 0.3) is 0 Å². The summed E-state index contributed by atoms with van der Waals surface area (Å²) in [5.41, 5.74) is 0. The molecule has 0 aliphatic heterocycles. The van der Waals surface area contributed by atoms with E-state index in [1.165, 1.54) is 15.9 Å². The van der Waals surface area contributed by atoms with Gasteiger partial charge in [0.1, 0.15) is 13.1 Å². The first-order valence-corrected chi connectivity index (χ1v) is 4.86. The van der Waals surface area contributed by atoms with Crippen molar-refractivity contribution in [1.82, 2.24) is 0 Å². The van der Waals surface area contributed by atoms with Crippen LogP contribution >= 0.6 is 0 Å². The largest absolute Gasteiger partial charge is 0.447 e. The van der Waals surface area contributed by atoms with Crippen LogP contribution in [-0.2, 0) is 9.53 Å². The molecule has 0 aromatic carbocycles. The zero-order valence-electron chi connectivity index (χ0n) is 9.59. The van der Waals surface area contributed by atoms with Gasteiger partial charge in [-0.05, 0) is 0 Å². The van der Waals surface area contributed by atoms with Crippen molar-refractivity contribution in [3.63, 3.8) is 0 Å². The lowest BCUT2D eigenvalue weighted by Gasteiger charge is -2.19. The predicted octanol–water partition coefficient (Wildman–Crippen LogP) is -2.63. The van der Waals surface area contributed by atoms with Gasteiger partial charge >= 0.3 is 5.97 Å². The van der Waals surface area contributed by atoms with Gasteiger partial charge in [0.25, 0.3) is 0 Å². The first kappa shape index (κ1) is 13.1. The van der Waals surface area contributed by atoms with E-state index in [1.54, 1.807) is 0 Å². The Morgan fingerprint density at radius 3 is 2.00 bits per heavy atom. The second-order valence-electron chi connectivity index (χ2n) is 4.09. The van der Waals surface area contributed by atoms with E-state index in [1.807, 2.05) is 28.2 Å². The highest BCUT2D eigenvalue weighted by atomic mass is 16.5. The van der Waals surface area contributed by atoms with Crippen LogP contribution in [0.15, 0.2) is 12.7 Å². The standard InChI is InChI=1S/C10H20N2O2/c1-6-10(13)14-9(7-11(2)3)8-12(4)5/h6,9H,1,7-8H2,2-5H3/p+2. The highest BCUT2D eigenvalue weighted by Gasteiger charge is 2.19. The highest BCUT2D eigenvalue weighted by molar-refractivity contribution is 5.81. The number of hydrogen-bond acceptors (Lipinski definition) is 2. The number of quaternary nitrogens is 2. The van der Waals surface area contributed by atoms with Gasteiger partial charge in [-0.2, -0.15) is 0 Å². The van der Waals surface area contributed by atoms with Crippen molar-refractivity contribution in [2.75, 3.05) is 41.3 Å². The molecule has 0 aliphatic carbocycles. The Hall–Kier alpha value is -0.870. The number of rotatable bonds is 6. The lowest BCUT2D eigenvalue weighted by Crippen LogP contribution is -3.11. The summed E-state index contributed by atoms with van der Waals surface area (Å²) in [6.45, 7) is 5.03. The van der Waals surface area contributed by atoms with Crippen LogP contribution in [0.2, 0.25) is 0 Å². The minimum Gasteiger partial charge on any atom is -0.447 e. The lowest BCUT2D eigenvalue weighted by atomic mass is 10.3. The van der Waals surface area contributed by atoms with Gasteiger partial charge in [-0.1, -0.05) is 6.58 Å². The van der Waals surface area contributed by atoms with Gasteiger partial charge in [-0.15, -0.1) is 0 Å². The molecule has 0 atom stereocenters. The third-order valence-electron chi connectivity index (χ3n) is 1.72. The summed E-state index contributed by atoms with van der Waals surface area (Å²) >= 11 is 0. The van der Waals surface area contributed by atoms with Crippen molar-refractivity contribution in [1.29, 1.82) is 0 Å². The molecule has 0 aliphatic rings. The molecule has 0 heterocycles. The molecule has 4 nitrogen and oxygen atoms in total. The van der Waals surface area contributed by atoms with Gasteiger partial charge in [0.05, 0.1) is 28.2 Å². The number of nitrogens with one attached hydrogen (secondary N) is 2. The molecule has 0 unspecified atom stereocenters. The summed E-state index contributed by atoms with van der Waals surface area (Å²) in [4.78, 5) is 13.6. The second-order valence-corrected chi connectivity index (χ2v) is 4.09. The van der Waals surface area contributed by atoms with E-state index in [-0.39, 0.29) is 12.1 Å². The molecular formula is C10H22N2O2+2. The van der Waals surface area contributed by atoms with Crippen LogP contribution in [0.5, 0.6) is 0 Å². The van der Waals surface area contributed by atoms with Gasteiger partial charge < -0.3 is 14.5 Å². The maximum atomic E-state index is 11.0. The minimum absolute atomic E-state index is 0.0319. The number of hydrogen-bond donors (Lipinski definition) is 2. The lowest BCUT2D eigenvalue weighted by molar-refractivity contribution is -0.884. The quantitative estimate of drug-likeness (QED) is 0.365. The molecule has 0 saturated carbocycles. The van der Waals surface area contributed by atoms with Gasteiger partial charge in [-0.3, -0.25) is 0 Å². The highest BCUT2D eigenvalue weighted by Crippen LogP contribution is 1.87. The predicted molar refractivity (Wildman–Crippen MR) is 55.4 cm³/mol. The number of carbonyl (C=O) groups is 1. The van der Waals surface area contributed by atoms with Crippen molar-refractivity contribution < 1.29 is 19.3 Å². The Bertz CT molecular complexity index is 181. The Kier molecular flexibility index (Phi) is 6.16. The summed E-state index contributed by atoms with van der Waals surface area (Å²) in [5, 5.41) is 0. The fourth-order valence-electron chi connectivity index (χ4n) is 1.28. The van der Waals surface area contributed by atoms with Crippen LogP contribution < -0.4 is 9.80 Å². The molecule has 0 radical (unpaired) electrons. The van der Waals surface area contributed by atoms with Crippen molar-refractivity contribution in [2.45, 2.75) is 6.10 Å². The maximum Gasteiger partial charge on any atom is 0.330 e. The van der Waals surface area contributed by atoms with E-state index < -0.39 is 0 Å². The van der Waals surface area contributed by atoms with Crippen molar-refractivity contribution >= 4 is 5.97 Å². The van der Waals surface area contributed by atoms with Crippen LogP contribution in [0.3, 0.4) is 0 Å². The summed E-state index contributed by atoms with van der Waals surface area (Å²) in [7, 11) is 8.17. The van der Waals surface area contributed by atoms with Gasteiger partial charge in [0.15, 0.2) is 6.10 Å². The molecule has 0 rings (SSSR count). The Morgan fingerprint density at radius 1 is 1.29 bits per heavy atom. The van der Waals surface area contributed by atoms with Crippen molar-refractivity contribution in [2.24, 2.45) is 0 Å². The SMILES string of the molecule is C=CC(=O)OC(C[NH+](C)C)C[NH+](C)C. The van der Waals surface area contributed by atoms with Crippen LogP contribution in [-0.4, -0.2) is 53.4 Å². The van der Waals surface area contributed by atoms with E-state index in [0.29, 0.717) is 0 Å². The fraction of sp³-hybridized carbons (Fsp3) is 0.700. The van der Waals surface area contributed by atoms with E-state index >= 15 is 0 Å². The summed E-state index contributed by atoms with van der Waals surface area (Å²) < 4.78 is 5.22. The molecule has 0 saturated heterocycles. The number of esters is 1. The summed E-state index contributed by atoms with van der Waals surface area (Å²) in [6, 6.07) is 0. The smallest absolute Gasteiger partial charge is 0.330 e. The first-order chi connectivity index (χ1) is 6.45. The summed E-state index contributed by atoms with van der Waals surface area (Å²) in [6.07, 6.45) is 1.18. The second kappa shape index (κ2) is 6.56. The molecular weight excluding hydrogens is 180 g/mol. The van der Waals surface area contributed by atoms with E-state index in [2.05, 4.69) is 6.58 Å². The molecule has 0 amide bonds. The van der Waals surface area contributed by atoms with Crippen molar-refractivity contribution in [3.05, 3.63) is 12.7 Å². The molecule has 0 fully saturated rings. The first-order valence-electron chi connectivity index (χ1n) is 4.86. The van der Waals surface area contributed by atoms with Gasteiger partial charge in [-0.25, -0.2) is 4.79 Å². The molecule has 4 heteroatoms. The van der Waals surface area contributed by atoms with Crippen LogP contribution in [0.4, 0.5) is 0 Å². The zero-order chi connectivity index (χ0) is 11.1. The van der Waals surface area contributed by atoms with Gasteiger partial charge in [0, 0.05) is 6.08 Å². The number of carbonyl (C=O) groups excluding carboxylic acids is 1. The minimum atomic E-state index is -0.336. The third-order valence-corrected chi connectivity index (χ3v) is 1.72. The molecule has 0 aromatic rings. The average Bonchev–Trinajstić information content (AvgIpc) is 2.01. The Labute approximate surface area is 86.1 Å². The van der Waals surface area contributed by atoms with E-state index in [0.717, 1.165) is 13.1 Å². The van der Waals surface area contributed by atoms with Crippen LogP contribution in [0.1, 0.15) is 0 Å². The normalized spacial score (nSPS) is 11.1. The molecule has 0 spiro atoms. The molecule has 14 heavy (non-hydrogen) atoms. The topological polar surface area (TPSA) is 35.2 Å². The molecule has 0 bridgehead atoms. The van der Waals surface area contributed by atoms with Gasteiger partial charge in [0.2, 0.25) is 0 Å². The summed E-state index contributed by atoms with van der Waals surface area (Å²) in [5.74, 6) is -0.336. The third kappa shape index (κ3) is 6.62. The monoisotopic (exact) mass is 202 g/mol. The Morgan fingerprint density at radius 2 is 1.71 bits per heavy atom. The Balaban J connectivity index is 4.09. The van der Waals surface area contributed by atoms with E-state index in [4.69, 9.17) is 4.74 Å². The van der Waals surface area contributed by atoms with Crippen molar-refractivity contribution in [3.8, 4) is 0 Å². The van der Waals surface area contributed by atoms with Crippen LogP contribution in [0, 0.1) is 0 Å². The van der Waals surface area contributed by atoms with E-state index in [9.17, 15) is 4.79 Å². The molecule has 82 valence electrons. The zero-order valence-corrected chi connectivity index (χ0v) is 9.59. The number of ether oxygens (including phenoxy) is 1. The maximum absolute atomic E-state index is 11.0.